The molecule has 1 fully saturated rings. The van der Waals surface area contributed by atoms with Crippen LogP contribution in [0.4, 0.5) is 17.6 Å². The summed E-state index contributed by atoms with van der Waals surface area (Å²) in [6, 6.07) is 9.77. The number of rotatable bonds is 2. The minimum atomic E-state index is 0.270. The summed E-state index contributed by atoms with van der Waals surface area (Å²) in [6.45, 7) is 5.26. The number of aromatic nitrogens is 4. The highest BCUT2D eigenvalue weighted by Gasteiger charge is 2.22. The first-order valence-corrected chi connectivity index (χ1v) is 9.18. The van der Waals surface area contributed by atoms with Gasteiger partial charge in [-0.2, -0.15) is 4.98 Å². The first kappa shape index (κ1) is 17.7. The zero-order chi connectivity index (χ0) is 19.3. The topological polar surface area (TPSA) is 84.1 Å². The highest BCUT2D eigenvalue weighted by molar-refractivity contribution is 5.61. The predicted molar refractivity (Wildman–Crippen MR) is 110 cm³/mol. The highest BCUT2D eigenvalue weighted by atomic mass is 15.3. The molecule has 0 radical (unpaired) electrons. The molecule has 0 unspecified atom stereocenters. The number of aryl methyl sites for hydroxylation is 1. The van der Waals surface area contributed by atoms with Crippen molar-refractivity contribution in [1.82, 2.24) is 19.9 Å². The Kier molecular flexibility index (Phi) is 5.02. The smallest absolute Gasteiger partial charge is 0.222 e. The molecule has 0 aliphatic carbocycles. The van der Waals surface area contributed by atoms with Crippen LogP contribution in [0, 0.1) is 18.8 Å². The number of pyridine rings is 2. The fourth-order valence-corrected chi connectivity index (χ4v) is 3.21. The third-order valence-corrected chi connectivity index (χ3v) is 4.63. The van der Waals surface area contributed by atoms with Crippen LogP contribution in [0.2, 0.25) is 0 Å². The lowest BCUT2D eigenvalue weighted by Crippen LogP contribution is -2.47. The van der Waals surface area contributed by atoms with Gasteiger partial charge in [0.2, 0.25) is 5.95 Å². The van der Waals surface area contributed by atoms with Gasteiger partial charge in [0.15, 0.2) is 0 Å². The van der Waals surface area contributed by atoms with E-state index in [1.807, 2.05) is 43.5 Å². The van der Waals surface area contributed by atoms with Gasteiger partial charge in [-0.25, -0.2) is 9.97 Å². The first-order valence-electron chi connectivity index (χ1n) is 9.18. The molecule has 2 N–H and O–H groups in total. The molecule has 140 valence electrons. The number of nitrogens with two attached hydrogens (primary N) is 1. The van der Waals surface area contributed by atoms with E-state index in [4.69, 9.17) is 5.73 Å². The summed E-state index contributed by atoms with van der Waals surface area (Å²) in [7, 11) is 0. The number of hydrogen-bond acceptors (Lipinski definition) is 7. The Balaban J connectivity index is 1.59. The number of anilines is 3. The van der Waals surface area contributed by atoms with Crippen molar-refractivity contribution in [3.05, 3.63) is 65.7 Å². The summed E-state index contributed by atoms with van der Waals surface area (Å²) in [5, 5.41) is 0. The maximum absolute atomic E-state index is 5.93. The predicted octanol–water partition coefficient (Wildman–Crippen LogP) is 1.88. The van der Waals surface area contributed by atoms with Gasteiger partial charge in [-0.1, -0.05) is 17.9 Å². The molecule has 7 nitrogen and oxygen atoms in total. The van der Waals surface area contributed by atoms with E-state index in [-0.39, 0.29) is 5.95 Å². The van der Waals surface area contributed by atoms with Crippen LogP contribution in [0.5, 0.6) is 0 Å². The van der Waals surface area contributed by atoms with Crippen molar-refractivity contribution < 1.29 is 0 Å². The van der Waals surface area contributed by atoms with Crippen LogP contribution in [0.1, 0.15) is 16.8 Å². The number of piperazine rings is 1. The Morgan fingerprint density at radius 3 is 2.46 bits per heavy atom. The molecule has 0 amide bonds. The summed E-state index contributed by atoms with van der Waals surface area (Å²) in [6.07, 6.45) is 5.30. The third kappa shape index (κ3) is 3.86. The molecule has 4 rings (SSSR count). The maximum Gasteiger partial charge on any atom is 0.222 e. The molecular formula is C21H21N7. The van der Waals surface area contributed by atoms with E-state index in [1.54, 1.807) is 12.4 Å². The standard InChI is InChI=1S/C21H21N7/c1-16-18(8-7-17-5-4-9-23-15-17)20(26-21(22)25-16)28-13-11-27(12-14-28)19-6-2-3-10-24-19/h2-6,9-10,15H,11-14H2,1H3,(H2,22,25,26). The van der Waals surface area contributed by atoms with Gasteiger partial charge in [0.25, 0.3) is 0 Å². The Morgan fingerprint density at radius 1 is 0.929 bits per heavy atom. The van der Waals surface area contributed by atoms with Gasteiger partial charge in [-0.3, -0.25) is 4.98 Å². The molecule has 0 atom stereocenters. The second-order valence-electron chi connectivity index (χ2n) is 6.52. The Hall–Kier alpha value is -3.66. The normalized spacial score (nSPS) is 13.8. The molecule has 0 spiro atoms. The largest absolute Gasteiger partial charge is 0.368 e. The van der Waals surface area contributed by atoms with Gasteiger partial charge in [-0.05, 0) is 31.2 Å². The average molecular weight is 371 g/mol. The summed E-state index contributed by atoms with van der Waals surface area (Å²) in [5.74, 6) is 8.44. The van der Waals surface area contributed by atoms with E-state index in [2.05, 4.69) is 41.6 Å². The lowest BCUT2D eigenvalue weighted by molar-refractivity contribution is 0.640. The first-order chi connectivity index (χ1) is 13.7. The molecular weight excluding hydrogens is 350 g/mol. The lowest BCUT2D eigenvalue weighted by atomic mass is 10.1. The van der Waals surface area contributed by atoms with Crippen LogP contribution in [-0.2, 0) is 0 Å². The number of nitrogen functional groups attached to an aromatic ring is 1. The molecule has 3 aromatic heterocycles. The van der Waals surface area contributed by atoms with Crippen LogP contribution >= 0.6 is 0 Å². The molecule has 3 aromatic rings. The van der Waals surface area contributed by atoms with E-state index in [9.17, 15) is 0 Å². The highest BCUT2D eigenvalue weighted by Crippen LogP contribution is 2.23. The molecule has 0 bridgehead atoms. The summed E-state index contributed by atoms with van der Waals surface area (Å²) in [4.78, 5) is 21.9. The zero-order valence-electron chi connectivity index (χ0n) is 15.7. The second kappa shape index (κ2) is 7.92. The van der Waals surface area contributed by atoms with E-state index in [0.717, 1.165) is 54.6 Å². The van der Waals surface area contributed by atoms with E-state index in [0.29, 0.717) is 0 Å². The van der Waals surface area contributed by atoms with E-state index >= 15 is 0 Å². The molecule has 4 heterocycles. The minimum Gasteiger partial charge on any atom is -0.368 e. The van der Waals surface area contributed by atoms with Crippen LogP contribution in [0.25, 0.3) is 0 Å². The third-order valence-electron chi connectivity index (χ3n) is 4.63. The Labute approximate surface area is 164 Å². The Morgan fingerprint density at radius 2 is 1.75 bits per heavy atom. The fourth-order valence-electron chi connectivity index (χ4n) is 3.21. The Bertz CT molecular complexity index is 1000. The molecule has 1 aliphatic heterocycles. The van der Waals surface area contributed by atoms with Gasteiger partial charge < -0.3 is 15.5 Å². The minimum absolute atomic E-state index is 0.270. The van der Waals surface area contributed by atoms with Crippen LogP contribution in [0.15, 0.2) is 48.9 Å². The van der Waals surface area contributed by atoms with Crippen molar-refractivity contribution >= 4 is 17.6 Å². The van der Waals surface area contributed by atoms with Crippen LogP contribution in [-0.4, -0.2) is 46.1 Å². The summed E-state index contributed by atoms with van der Waals surface area (Å²) < 4.78 is 0. The number of nitrogens with zero attached hydrogens (tertiary/aromatic N) is 6. The fraction of sp³-hybridized carbons (Fsp3) is 0.238. The van der Waals surface area contributed by atoms with Crippen LogP contribution in [0.3, 0.4) is 0 Å². The molecule has 28 heavy (non-hydrogen) atoms. The van der Waals surface area contributed by atoms with Gasteiger partial charge >= 0.3 is 0 Å². The molecule has 0 saturated carbocycles. The van der Waals surface area contributed by atoms with E-state index < -0.39 is 0 Å². The van der Waals surface area contributed by atoms with Crippen molar-refractivity contribution in [3.63, 3.8) is 0 Å². The SMILES string of the molecule is Cc1nc(N)nc(N2CCN(c3ccccn3)CC2)c1C#Cc1cccnc1. The molecule has 1 saturated heterocycles. The quantitative estimate of drug-likeness (QED) is 0.689. The van der Waals surface area contributed by atoms with E-state index in [1.165, 1.54) is 0 Å². The van der Waals surface area contributed by atoms with Gasteiger partial charge in [0.1, 0.15) is 11.6 Å². The van der Waals surface area contributed by atoms with Gasteiger partial charge in [-0.15, -0.1) is 0 Å². The van der Waals surface area contributed by atoms with Crippen molar-refractivity contribution in [2.45, 2.75) is 6.92 Å². The zero-order valence-corrected chi connectivity index (χ0v) is 15.7. The summed E-state index contributed by atoms with van der Waals surface area (Å²) >= 11 is 0. The number of hydrogen-bond donors (Lipinski definition) is 1. The van der Waals surface area contributed by atoms with Crippen molar-refractivity contribution in [1.29, 1.82) is 0 Å². The average Bonchev–Trinajstić information content (AvgIpc) is 2.74. The lowest BCUT2D eigenvalue weighted by Gasteiger charge is -2.36. The molecule has 7 heteroatoms. The second-order valence-corrected chi connectivity index (χ2v) is 6.52. The van der Waals surface area contributed by atoms with Crippen molar-refractivity contribution in [3.8, 4) is 11.8 Å². The molecule has 0 aromatic carbocycles. The molecule has 1 aliphatic rings. The van der Waals surface area contributed by atoms with Crippen molar-refractivity contribution in [2.24, 2.45) is 0 Å². The monoisotopic (exact) mass is 371 g/mol. The van der Waals surface area contributed by atoms with Gasteiger partial charge in [0, 0.05) is 50.3 Å². The van der Waals surface area contributed by atoms with Gasteiger partial charge in [0.05, 0.1) is 11.3 Å². The van der Waals surface area contributed by atoms with Crippen LogP contribution < -0.4 is 15.5 Å². The summed E-state index contributed by atoms with van der Waals surface area (Å²) in [5.41, 5.74) is 8.38. The van der Waals surface area contributed by atoms with Crippen molar-refractivity contribution in [2.75, 3.05) is 41.7 Å². The maximum atomic E-state index is 5.93.